The average Bonchev–Trinajstić information content (AvgIpc) is 2.48. The van der Waals surface area contributed by atoms with Gasteiger partial charge in [0.05, 0.1) is 13.2 Å². The third-order valence-electron chi connectivity index (χ3n) is 3.43. The standard InChI is InChI=1S/C16H17BrFNO2/c1-21-15-8-11(5-6-14(15)18)16(20)13(9-19)10-3-2-4-12(17)7-10/h2-8,13,16,20H,9,19H2,1H3. The Morgan fingerprint density at radius 1 is 1.24 bits per heavy atom. The number of aliphatic hydroxyl groups excluding tert-OH is 1. The summed E-state index contributed by atoms with van der Waals surface area (Å²) in [6, 6.07) is 12.0. The summed E-state index contributed by atoms with van der Waals surface area (Å²) in [7, 11) is 1.39. The molecule has 0 aliphatic carbocycles. The predicted molar refractivity (Wildman–Crippen MR) is 83.8 cm³/mol. The van der Waals surface area contributed by atoms with Crippen molar-refractivity contribution in [2.75, 3.05) is 13.7 Å². The van der Waals surface area contributed by atoms with Gasteiger partial charge in [0.15, 0.2) is 11.6 Å². The SMILES string of the molecule is COc1cc(C(O)C(CN)c2cccc(Br)c2)ccc1F. The van der Waals surface area contributed by atoms with Crippen LogP contribution in [0.4, 0.5) is 4.39 Å². The number of halogens is 2. The minimum atomic E-state index is -0.834. The van der Waals surface area contributed by atoms with Crippen molar-refractivity contribution in [2.24, 2.45) is 5.73 Å². The minimum absolute atomic E-state index is 0.108. The fraction of sp³-hybridized carbons (Fsp3) is 0.250. The van der Waals surface area contributed by atoms with Crippen molar-refractivity contribution >= 4 is 15.9 Å². The summed E-state index contributed by atoms with van der Waals surface area (Å²) < 4.78 is 19.3. The maximum absolute atomic E-state index is 13.5. The van der Waals surface area contributed by atoms with Crippen LogP contribution in [0.25, 0.3) is 0 Å². The molecule has 0 saturated heterocycles. The zero-order valence-electron chi connectivity index (χ0n) is 11.6. The number of hydrogen-bond acceptors (Lipinski definition) is 3. The van der Waals surface area contributed by atoms with Crippen LogP contribution in [0.2, 0.25) is 0 Å². The van der Waals surface area contributed by atoms with Crippen molar-refractivity contribution in [1.82, 2.24) is 0 Å². The number of nitrogens with two attached hydrogens (primary N) is 1. The van der Waals surface area contributed by atoms with Crippen molar-refractivity contribution in [1.29, 1.82) is 0 Å². The molecule has 0 aromatic heterocycles. The molecular weight excluding hydrogens is 337 g/mol. The summed E-state index contributed by atoms with van der Waals surface area (Å²) in [6.45, 7) is 0.275. The molecule has 21 heavy (non-hydrogen) atoms. The summed E-state index contributed by atoms with van der Waals surface area (Å²) in [4.78, 5) is 0. The zero-order valence-corrected chi connectivity index (χ0v) is 13.2. The second-order valence-corrected chi connectivity index (χ2v) is 5.65. The fourth-order valence-electron chi connectivity index (χ4n) is 2.28. The van der Waals surface area contributed by atoms with E-state index in [1.54, 1.807) is 6.07 Å². The molecule has 0 radical (unpaired) electrons. The normalized spacial score (nSPS) is 13.8. The van der Waals surface area contributed by atoms with Gasteiger partial charge in [0, 0.05) is 16.9 Å². The van der Waals surface area contributed by atoms with Gasteiger partial charge < -0.3 is 15.6 Å². The van der Waals surface area contributed by atoms with E-state index in [0.717, 1.165) is 10.0 Å². The van der Waals surface area contributed by atoms with E-state index in [1.807, 2.05) is 24.3 Å². The van der Waals surface area contributed by atoms with Gasteiger partial charge in [-0.05, 0) is 35.4 Å². The van der Waals surface area contributed by atoms with E-state index in [-0.39, 0.29) is 18.2 Å². The largest absolute Gasteiger partial charge is 0.494 e. The van der Waals surface area contributed by atoms with Crippen molar-refractivity contribution in [3.8, 4) is 5.75 Å². The molecule has 3 nitrogen and oxygen atoms in total. The van der Waals surface area contributed by atoms with Gasteiger partial charge in [0.1, 0.15) is 0 Å². The Balaban J connectivity index is 2.34. The topological polar surface area (TPSA) is 55.5 Å². The summed E-state index contributed by atoms with van der Waals surface area (Å²) >= 11 is 3.41. The first-order valence-electron chi connectivity index (χ1n) is 6.54. The molecule has 0 aliphatic heterocycles. The molecule has 2 unspecified atom stereocenters. The van der Waals surface area contributed by atoms with Gasteiger partial charge in [-0.15, -0.1) is 0 Å². The molecule has 3 N–H and O–H groups in total. The van der Waals surface area contributed by atoms with E-state index in [4.69, 9.17) is 10.5 Å². The summed E-state index contributed by atoms with van der Waals surface area (Å²) in [5.74, 6) is -0.630. The van der Waals surface area contributed by atoms with Gasteiger partial charge in [-0.25, -0.2) is 4.39 Å². The van der Waals surface area contributed by atoms with Gasteiger partial charge in [-0.2, -0.15) is 0 Å². The molecule has 0 fully saturated rings. The van der Waals surface area contributed by atoms with Crippen LogP contribution in [0.5, 0.6) is 5.75 Å². The van der Waals surface area contributed by atoms with Crippen LogP contribution >= 0.6 is 15.9 Å². The van der Waals surface area contributed by atoms with Gasteiger partial charge in [0.25, 0.3) is 0 Å². The van der Waals surface area contributed by atoms with Crippen molar-refractivity contribution in [3.05, 3.63) is 63.9 Å². The Morgan fingerprint density at radius 3 is 2.62 bits per heavy atom. The highest BCUT2D eigenvalue weighted by atomic mass is 79.9. The highest BCUT2D eigenvalue weighted by Gasteiger charge is 2.22. The molecule has 2 aromatic rings. The first-order valence-corrected chi connectivity index (χ1v) is 7.33. The van der Waals surface area contributed by atoms with E-state index in [1.165, 1.54) is 19.2 Å². The van der Waals surface area contributed by atoms with E-state index in [2.05, 4.69) is 15.9 Å². The average molecular weight is 354 g/mol. The fourth-order valence-corrected chi connectivity index (χ4v) is 2.69. The Morgan fingerprint density at radius 2 is 2.00 bits per heavy atom. The molecule has 0 bridgehead atoms. The van der Waals surface area contributed by atoms with Gasteiger partial charge in [-0.1, -0.05) is 34.1 Å². The lowest BCUT2D eigenvalue weighted by molar-refractivity contribution is 0.147. The lowest BCUT2D eigenvalue weighted by atomic mass is 9.89. The van der Waals surface area contributed by atoms with Crippen LogP contribution in [-0.2, 0) is 0 Å². The van der Waals surface area contributed by atoms with Crippen LogP contribution in [0, 0.1) is 5.82 Å². The van der Waals surface area contributed by atoms with E-state index in [0.29, 0.717) is 5.56 Å². The van der Waals surface area contributed by atoms with Gasteiger partial charge in [0.2, 0.25) is 0 Å². The van der Waals surface area contributed by atoms with E-state index >= 15 is 0 Å². The van der Waals surface area contributed by atoms with Crippen LogP contribution in [0.15, 0.2) is 46.9 Å². The molecule has 0 saturated carbocycles. The number of benzene rings is 2. The second kappa shape index (κ2) is 7.02. The van der Waals surface area contributed by atoms with Gasteiger partial charge >= 0.3 is 0 Å². The third kappa shape index (κ3) is 3.61. The number of hydrogen-bond donors (Lipinski definition) is 2. The van der Waals surface area contributed by atoms with Crippen LogP contribution in [-0.4, -0.2) is 18.8 Å². The van der Waals surface area contributed by atoms with Crippen molar-refractivity contribution in [3.63, 3.8) is 0 Å². The molecule has 2 rings (SSSR count). The summed E-state index contributed by atoms with van der Waals surface area (Å²) in [5.41, 5.74) is 7.30. The van der Waals surface area contributed by atoms with E-state index < -0.39 is 11.9 Å². The lowest BCUT2D eigenvalue weighted by Crippen LogP contribution is -2.20. The first kappa shape index (κ1) is 15.9. The quantitative estimate of drug-likeness (QED) is 0.866. The Kier molecular flexibility index (Phi) is 5.33. The van der Waals surface area contributed by atoms with E-state index in [9.17, 15) is 9.50 Å². The maximum atomic E-state index is 13.5. The second-order valence-electron chi connectivity index (χ2n) is 4.74. The number of ether oxygens (including phenoxy) is 1. The molecular formula is C16H17BrFNO2. The monoisotopic (exact) mass is 353 g/mol. The molecule has 112 valence electrons. The Labute approximate surface area is 131 Å². The molecule has 5 heteroatoms. The van der Waals surface area contributed by atoms with Crippen LogP contribution in [0.1, 0.15) is 23.1 Å². The minimum Gasteiger partial charge on any atom is -0.494 e. The highest BCUT2D eigenvalue weighted by molar-refractivity contribution is 9.10. The Bertz CT molecular complexity index is 621. The number of aliphatic hydroxyl groups is 1. The molecule has 0 amide bonds. The Hall–Kier alpha value is -1.43. The molecule has 2 aromatic carbocycles. The zero-order chi connectivity index (χ0) is 15.4. The highest BCUT2D eigenvalue weighted by Crippen LogP contribution is 2.33. The smallest absolute Gasteiger partial charge is 0.165 e. The number of methoxy groups -OCH3 is 1. The third-order valence-corrected chi connectivity index (χ3v) is 3.92. The van der Waals surface area contributed by atoms with Crippen molar-refractivity contribution < 1.29 is 14.2 Å². The first-order chi connectivity index (χ1) is 10.1. The van der Waals surface area contributed by atoms with Crippen LogP contribution < -0.4 is 10.5 Å². The maximum Gasteiger partial charge on any atom is 0.165 e. The molecule has 2 atom stereocenters. The molecule has 0 heterocycles. The van der Waals surface area contributed by atoms with Crippen molar-refractivity contribution in [2.45, 2.75) is 12.0 Å². The summed E-state index contributed by atoms with van der Waals surface area (Å²) in [6.07, 6.45) is -0.834. The predicted octanol–water partition coefficient (Wildman–Crippen LogP) is 3.37. The lowest BCUT2D eigenvalue weighted by Gasteiger charge is -2.23. The molecule has 0 spiro atoms. The molecule has 0 aliphatic rings. The van der Waals surface area contributed by atoms with Crippen LogP contribution in [0.3, 0.4) is 0 Å². The van der Waals surface area contributed by atoms with Gasteiger partial charge in [-0.3, -0.25) is 0 Å². The summed E-state index contributed by atoms with van der Waals surface area (Å²) in [5, 5.41) is 10.6. The number of rotatable bonds is 5.